The molecule has 0 spiro atoms. The van der Waals surface area contributed by atoms with Gasteiger partial charge in [-0.15, -0.1) is 0 Å². The van der Waals surface area contributed by atoms with Gasteiger partial charge in [-0.3, -0.25) is 4.79 Å². The first-order valence-corrected chi connectivity index (χ1v) is 8.36. The van der Waals surface area contributed by atoms with Crippen LogP contribution in [0.25, 0.3) is 6.08 Å². The average Bonchev–Trinajstić information content (AvgIpc) is 2.58. The molecule has 0 aliphatic heterocycles. The summed E-state index contributed by atoms with van der Waals surface area (Å²) in [6.45, 7) is 2.90. The van der Waals surface area contributed by atoms with E-state index in [1.807, 2.05) is 49.4 Å². The van der Waals surface area contributed by atoms with Gasteiger partial charge in [0.05, 0.1) is 18.1 Å². The Bertz CT molecular complexity index is 711. The molecule has 0 saturated heterocycles. The van der Waals surface area contributed by atoms with E-state index in [1.54, 1.807) is 13.2 Å². The molecule has 0 aromatic heterocycles. The fraction of sp³-hybridized carbons (Fsp3) is 0.211. The van der Waals surface area contributed by atoms with Crippen LogP contribution in [0.3, 0.4) is 0 Å². The molecule has 0 fully saturated rings. The van der Waals surface area contributed by atoms with Crippen molar-refractivity contribution < 1.29 is 14.3 Å². The zero-order valence-corrected chi connectivity index (χ0v) is 15.3. The van der Waals surface area contributed by atoms with Crippen molar-refractivity contribution in [1.82, 2.24) is 5.32 Å². The summed E-state index contributed by atoms with van der Waals surface area (Å²) in [5, 5.41) is 2.78. The van der Waals surface area contributed by atoms with E-state index in [0.717, 1.165) is 21.5 Å². The highest BCUT2D eigenvalue weighted by molar-refractivity contribution is 9.10. The summed E-state index contributed by atoms with van der Waals surface area (Å²) in [5.41, 5.74) is 2.10. The molecule has 0 unspecified atom stereocenters. The smallest absolute Gasteiger partial charge is 0.244 e. The number of carbonyl (C=O) groups excluding carboxylic acids is 1. The van der Waals surface area contributed by atoms with E-state index < -0.39 is 0 Å². The number of carbonyl (C=O) groups is 1. The summed E-state index contributed by atoms with van der Waals surface area (Å²) in [6, 6.07) is 13.4. The highest BCUT2D eigenvalue weighted by Gasteiger charge is 2.00. The average molecular weight is 390 g/mol. The molecule has 0 bridgehead atoms. The van der Waals surface area contributed by atoms with Crippen molar-refractivity contribution >= 4 is 27.9 Å². The molecule has 0 aliphatic carbocycles. The van der Waals surface area contributed by atoms with Gasteiger partial charge in [-0.05, 0) is 58.8 Å². The van der Waals surface area contributed by atoms with Crippen LogP contribution in [0.1, 0.15) is 11.1 Å². The number of aryl methyl sites for hydroxylation is 1. The first-order chi connectivity index (χ1) is 11.6. The van der Waals surface area contributed by atoms with Crippen LogP contribution in [0, 0.1) is 6.92 Å². The van der Waals surface area contributed by atoms with Crippen LogP contribution in [0.4, 0.5) is 0 Å². The van der Waals surface area contributed by atoms with Crippen molar-refractivity contribution in [3.05, 3.63) is 64.1 Å². The summed E-state index contributed by atoms with van der Waals surface area (Å²) >= 11 is 3.42. The van der Waals surface area contributed by atoms with E-state index in [1.165, 1.54) is 11.6 Å². The topological polar surface area (TPSA) is 47.6 Å². The molecule has 126 valence electrons. The minimum absolute atomic E-state index is 0.158. The van der Waals surface area contributed by atoms with Crippen molar-refractivity contribution in [2.75, 3.05) is 20.3 Å². The largest absolute Gasteiger partial charge is 0.496 e. The van der Waals surface area contributed by atoms with E-state index >= 15 is 0 Å². The van der Waals surface area contributed by atoms with Crippen LogP contribution in [-0.4, -0.2) is 26.2 Å². The van der Waals surface area contributed by atoms with Gasteiger partial charge in [0.15, 0.2) is 0 Å². The summed E-state index contributed by atoms with van der Waals surface area (Å²) in [5.74, 6) is 1.40. The first kappa shape index (κ1) is 18.1. The predicted octanol–water partition coefficient (Wildman–Crippen LogP) is 3.97. The molecule has 0 atom stereocenters. The molecular weight excluding hydrogens is 370 g/mol. The summed E-state index contributed by atoms with van der Waals surface area (Å²) < 4.78 is 11.6. The van der Waals surface area contributed by atoms with Crippen LogP contribution in [0.5, 0.6) is 11.5 Å². The maximum Gasteiger partial charge on any atom is 0.244 e. The second kappa shape index (κ2) is 9.13. The lowest BCUT2D eigenvalue weighted by Crippen LogP contribution is -2.26. The summed E-state index contributed by atoms with van der Waals surface area (Å²) in [4.78, 5) is 11.8. The Kier molecular flexibility index (Phi) is 6.88. The van der Waals surface area contributed by atoms with Crippen molar-refractivity contribution in [2.24, 2.45) is 0 Å². The lowest BCUT2D eigenvalue weighted by Gasteiger charge is -2.07. The molecule has 0 heterocycles. The summed E-state index contributed by atoms with van der Waals surface area (Å²) in [7, 11) is 1.61. The maximum atomic E-state index is 11.8. The van der Waals surface area contributed by atoms with Gasteiger partial charge in [-0.2, -0.15) is 0 Å². The van der Waals surface area contributed by atoms with E-state index in [-0.39, 0.29) is 5.91 Å². The molecule has 4 nitrogen and oxygen atoms in total. The fourth-order valence-electron chi connectivity index (χ4n) is 1.99. The van der Waals surface area contributed by atoms with Crippen LogP contribution < -0.4 is 14.8 Å². The number of hydrogen-bond donors (Lipinski definition) is 1. The van der Waals surface area contributed by atoms with Gasteiger partial charge in [-0.1, -0.05) is 23.8 Å². The highest BCUT2D eigenvalue weighted by Crippen LogP contribution is 2.25. The Morgan fingerprint density at radius 2 is 1.96 bits per heavy atom. The number of methoxy groups -OCH3 is 1. The normalized spacial score (nSPS) is 10.6. The van der Waals surface area contributed by atoms with Crippen LogP contribution in [0.2, 0.25) is 0 Å². The number of ether oxygens (including phenoxy) is 2. The molecule has 2 aromatic rings. The predicted molar refractivity (Wildman–Crippen MR) is 99.4 cm³/mol. The van der Waals surface area contributed by atoms with E-state index in [2.05, 4.69) is 21.2 Å². The third-order valence-corrected chi connectivity index (χ3v) is 3.91. The molecule has 0 aliphatic rings. The Balaban J connectivity index is 1.74. The van der Waals surface area contributed by atoms with E-state index in [4.69, 9.17) is 9.47 Å². The van der Waals surface area contributed by atoms with Crippen LogP contribution >= 0.6 is 15.9 Å². The number of hydrogen-bond acceptors (Lipinski definition) is 3. The Morgan fingerprint density at radius 1 is 1.21 bits per heavy atom. The fourth-order valence-corrected chi connectivity index (χ4v) is 2.55. The van der Waals surface area contributed by atoms with Gasteiger partial charge in [-0.25, -0.2) is 0 Å². The highest BCUT2D eigenvalue weighted by atomic mass is 79.9. The van der Waals surface area contributed by atoms with E-state index in [9.17, 15) is 4.79 Å². The maximum absolute atomic E-state index is 11.8. The standard InChI is InChI=1S/C19H20BrNO3/c1-14-3-7-16(8-4-14)24-12-11-21-19(22)10-6-15-5-9-18(23-2)17(20)13-15/h3-10,13H,11-12H2,1-2H3,(H,21,22)/b10-6+. The minimum Gasteiger partial charge on any atom is -0.496 e. The van der Waals surface area contributed by atoms with Gasteiger partial charge in [0, 0.05) is 6.08 Å². The molecule has 1 amide bonds. The zero-order chi connectivity index (χ0) is 17.4. The number of halogens is 1. The molecule has 2 aromatic carbocycles. The quantitative estimate of drug-likeness (QED) is 0.575. The van der Waals surface area contributed by atoms with Gasteiger partial charge >= 0.3 is 0 Å². The molecule has 5 heteroatoms. The van der Waals surface area contributed by atoms with Crippen LogP contribution in [-0.2, 0) is 4.79 Å². The molecular formula is C19H20BrNO3. The zero-order valence-electron chi connectivity index (χ0n) is 13.7. The van der Waals surface area contributed by atoms with Crippen LogP contribution in [0.15, 0.2) is 53.0 Å². The number of benzene rings is 2. The lowest BCUT2D eigenvalue weighted by molar-refractivity contribution is -0.116. The molecule has 24 heavy (non-hydrogen) atoms. The molecule has 2 rings (SSSR count). The van der Waals surface area contributed by atoms with Gasteiger partial charge in [0.1, 0.15) is 18.1 Å². The van der Waals surface area contributed by atoms with Crippen molar-refractivity contribution in [2.45, 2.75) is 6.92 Å². The minimum atomic E-state index is -0.158. The third-order valence-electron chi connectivity index (χ3n) is 3.29. The number of nitrogens with one attached hydrogen (secondary N) is 1. The second-order valence-corrected chi connectivity index (χ2v) is 6.03. The third kappa shape index (κ3) is 5.74. The van der Waals surface area contributed by atoms with Crippen molar-refractivity contribution in [3.63, 3.8) is 0 Å². The SMILES string of the molecule is COc1ccc(/C=C/C(=O)NCCOc2ccc(C)cc2)cc1Br. The van der Waals surface area contributed by atoms with Crippen molar-refractivity contribution in [1.29, 1.82) is 0 Å². The molecule has 1 N–H and O–H groups in total. The number of rotatable bonds is 7. The molecule has 0 saturated carbocycles. The first-order valence-electron chi connectivity index (χ1n) is 7.57. The van der Waals surface area contributed by atoms with Gasteiger partial charge < -0.3 is 14.8 Å². The lowest BCUT2D eigenvalue weighted by atomic mass is 10.2. The van der Waals surface area contributed by atoms with Crippen molar-refractivity contribution in [3.8, 4) is 11.5 Å². The van der Waals surface area contributed by atoms with E-state index in [0.29, 0.717) is 13.2 Å². The molecule has 0 radical (unpaired) electrons. The monoisotopic (exact) mass is 389 g/mol. The van der Waals surface area contributed by atoms with Gasteiger partial charge in [0.25, 0.3) is 0 Å². The Morgan fingerprint density at radius 3 is 2.62 bits per heavy atom. The Hall–Kier alpha value is -2.27. The Labute approximate surface area is 150 Å². The van der Waals surface area contributed by atoms with Gasteiger partial charge in [0.2, 0.25) is 5.91 Å². The second-order valence-electron chi connectivity index (χ2n) is 5.18. The number of amides is 1. The summed E-state index contributed by atoms with van der Waals surface area (Å²) in [6.07, 6.45) is 3.25.